The summed E-state index contributed by atoms with van der Waals surface area (Å²) in [5.41, 5.74) is 3.20. The summed E-state index contributed by atoms with van der Waals surface area (Å²) < 4.78 is 5.80. The maximum Gasteiger partial charge on any atom is 0.170 e. The summed E-state index contributed by atoms with van der Waals surface area (Å²) >= 11 is 11.5. The SMILES string of the molecule is S=C(NCCc1c[nH]c2ccc(Cl)cc12)Nc1ccc(Oc2ccccc2)cc1. The lowest BCUT2D eigenvalue weighted by Gasteiger charge is -2.11. The smallest absolute Gasteiger partial charge is 0.170 e. The number of aromatic nitrogens is 1. The van der Waals surface area contributed by atoms with Crippen molar-refractivity contribution < 1.29 is 4.74 Å². The molecule has 0 saturated heterocycles. The van der Waals surface area contributed by atoms with Gasteiger partial charge in [-0.15, -0.1) is 0 Å². The standard InChI is InChI=1S/C23H20ClN3OS/c24-17-6-11-22-21(14-17)16(15-26-22)12-13-25-23(29)27-18-7-9-20(10-8-18)28-19-4-2-1-3-5-19/h1-11,14-15,26H,12-13H2,(H2,25,27,29). The van der Waals surface area contributed by atoms with Crippen molar-refractivity contribution in [3.63, 3.8) is 0 Å². The second-order valence-corrected chi connectivity index (χ2v) is 7.42. The lowest BCUT2D eigenvalue weighted by atomic mass is 10.1. The van der Waals surface area contributed by atoms with Gasteiger partial charge in [-0.2, -0.15) is 0 Å². The zero-order valence-corrected chi connectivity index (χ0v) is 17.2. The van der Waals surface area contributed by atoms with Crippen molar-refractivity contribution in [1.29, 1.82) is 0 Å². The van der Waals surface area contributed by atoms with Crippen LogP contribution in [0.4, 0.5) is 5.69 Å². The highest BCUT2D eigenvalue weighted by molar-refractivity contribution is 7.80. The van der Waals surface area contributed by atoms with Crippen LogP contribution >= 0.6 is 23.8 Å². The molecule has 146 valence electrons. The molecule has 0 aliphatic rings. The lowest BCUT2D eigenvalue weighted by Crippen LogP contribution is -2.30. The number of hydrogen-bond donors (Lipinski definition) is 3. The van der Waals surface area contributed by atoms with Gasteiger partial charge in [-0.1, -0.05) is 29.8 Å². The zero-order chi connectivity index (χ0) is 20.1. The minimum absolute atomic E-state index is 0.583. The number of halogens is 1. The second-order valence-electron chi connectivity index (χ2n) is 6.57. The first-order valence-electron chi connectivity index (χ1n) is 9.31. The molecule has 1 aromatic heterocycles. The quantitative estimate of drug-likeness (QED) is 0.327. The molecule has 0 unspecified atom stereocenters. The largest absolute Gasteiger partial charge is 0.457 e. The first-order chi connectivity index (χ1) is 14.2. The average Bonchev–Trinajstić information content (AvgIpc) is 3.12. The fraction of sp³-hybridized carbons (Fsp3) is 0.0870. The van der Waals surface area contributed by atoms with E-state index in [9.17, 15) is 0 Å². The third kappa shape index (κ3) is 5.08. The van der Waals surface area contributed by atoms with E-state index in [1.807, 2.05) is 79.0 Å². The molecule has 3 N–H and O–H groups in total. The number of thiocarbonyl (C=S) groups is 1. The minimum Gasteiger partial charge on any atom is -0.457 e. The summed E-state index contributed by atoms with van der Waals surface area (Å²) in [5, 5.41) is 8.91. The Morgan fingerprint density at radius 2 is 1.72 bits per heavy atom. The van der Waals surface area contributed by atoms with E-state index in [2.05, 4.69) is 15.6 Å². The number of nitrogens with one attached hydrogen (secondary N) is 3. The van der Waals surface area contributed by atoms with E-state index in [1.54, 1.807) is 0 Å². The Morgan fingerprint density at radius 3 is 2.52 bits per heavy atom. The normalized spacial score (nSPS) is 10.7. The molecule has 6 heteroatoms. The summed E-state index contributed by atoms with van der Waals surface area (Å²) in [5.74, 6) is 1.59. The summed E-state index contributed by atoms with van der Waals surface area (Å²) in [4.78, 5) is 3.27. The van der Waals surface area contributed by atoms with E-state index in [0.717, 1.165) is 46.1 Å². The number of benzene rings is 3. The van der Waals surface area contributed by atoms with Crippen molar-refractivity contribution in [2.24, 2.45) is 0 Å². The molecule has 0 aliphatic heterocycles. The molecule has 0 fully saturated rings. The predicted molar refractivity (Wildman–Crippen MR) is 124 cm³/mol. The van der Waals surface area contributed by atoms with Crippen molar-refractivity contribution in [3.05, 3.63) is 89.6 Å². The first kappa shape index (κ1) is 19.3. The fourth-order valence-corrected chi connectivity index (χ4v) is 3.47. The monoisotopic (exact) mass is 421 g/mol. The Balaban J connectivity index is 1.27. The number of H-pyrrole nitrogens is 1. The highest BCUT2D eigenvalue weighted by Crippen LogP contribution is 2.23. The number of para-hydroxylation sites is 1. The molecule has 0 saturated carbocycles. The van der Waals surface area contributed by atoms with E-state index in [-0.39, 0.29) is 0 Å². The highest BCUT2D eigenvalue weighted by atomic mass is 35.5. The van der Waals surface area contributed by atoms with Gasteiger partial charge in [0.2, 0.25) is 0 Å². The van der Waals surface area contributed by atoms with Crippen molar-refractivity contribution in [2.45, 2.75) is 6.42 Å². The van der Waals surface area contributed by atoms with Crippen LogP contribution in [0, 0.1) is 0 Å². The van der Waals surface area contributed by atoms with Gasteiger partial charge in [-0.3, -0.25) is 0 Å². The summed E-state index contributed by atoms with van der Waals surface area (Å²) in [6.45, 7) is 0.723. The van der Waals surface area contributed by atoms with Crippen LogP contribution in [0.15, 0.2) is 79.0 Å². The van der Waals surface area contributed by atoms with Gasteiger partial charge >= 0.3 is 0 Å². The molecule has 4 aromatic rings. The first-order valence-corrected chi connectivity index (χ1v) is 10.1. The Bertz CT molecular complexity index is 1110. The number of hydrogen-bond acceptors (Lipinski definition) is 2. The second kappa shape index (κ2) is 8.99. The molecule has 0 aliphatic carbocycles. The van der Waals surface area contributed by atoms with E-state index in [4.69, 9.17) is 28.6 Å². The highest BCUT2D eigenvalue weighted by Gasteiger charge is 2.05. The van der Waals surface area contributed by atoms with Crippen molar-refractivity contribution in [2.75, 3.05) is 11.9 Å². The Morgan fingerprint density at radius 1 is 0.966 bits per heavy atom. The molecule has 29 heavy (non-hydrogen) atoms. The van der Waals surface area contributed by atoms with Crippen LogP contribution in [0.5, 0.6) is 11.5 Å². The van der Waals surface area contributed by atoms with Crippen LogP contribution in [-0.4, -0.2) is 16.6 Å². The molecule has 0 bridgehead atoms. The summed E-state index contributed by atoms with van der Waals surface area (Å²) in [6.07, 6.45) is 2.86. The van der Waals surface area contributed by atoms with Crippen LogP contribution in [0.2, 0.25) is 5.02 Å². The third-order valence-electron chi connectivity index (χ3n) is 4.50. The van der Waals surface area contributed by atoms with Gasteiger partial charge in [0.1, 0.15) is 11.5 Å². The van der Waals surface area contributed by atoms with Crippen molar-refractivity contribution >= 4 is 45.5 Å². The maximum absolute atomic E-state index is 6.11. The van der Waals surface area contributed by atoms with E-state index < -0.39 is 0 Å². The van der Waals surface area contributed by atoms with E-state index in [0.29, 0.717) is 5.11 Å². The van der Waals surface area contributed by atoms with Gasteiger partial charge in [-0.05, 0) is 78.8 Å². The molecule has 3 aromatic carbocycles. The number of rotatable bonds is 6. The van der Waals surface area contributed by atoms with Gasteiger partial charge in [0.15, 0.2) is 5.11 Å². The van der Waals surface area contributed by atoms with Crippen LogP contribution in [-0.2, 0) is 6.42 Å². The number of fused-ring (bicyclic) bond motifs is 1. The van der Waals surface area contributed by atoms with Crippen molar-refractivity contribution in [3.8, 4) is 11.5 Å². The summed E-state index contributed by atoms with van der Waals surface area (Å²) in [7, 11) is 0. The number of anilines is 1. The molecule has 4 rings (SSSR count). The van der Waals surface area contributed by atoms with Gasteiger partial charge in [0, 0.05) is 34.4 Å². The van der Waals surface area contributed by atoms with Crippen molar-refractivity contribution in [1.82, 2.24) is 10.3 Å². The summed E-state index contributed by atoms with van der Waals surface area (Å²) in [6, 6.07) is 23.3. The molecule has 0 atom stereocenters. The molecule has 0 amide bonds. The van der Waals surface area contributed by atoms with Gasteiger partial charge in [-0.25, -0.2) is 0 Å². The lowest BCUT2D eigenvalue weighted by molar-refractivity contribution is 0.483. The minimum atomic E-state index is 0.583. The van der Waals surface area contributed by atoms with Gasteiger partial charge in [0.05, 0.1) is 0 Å². The molecular weight excluding hydrogens is 402 g/mol. The molecule has 0 radical (unpaired) electrons. The Labute approximate surface area is 179 Å². The molecule has 1 heterocycles. The number of aromatic amines is 1. The molecular formula is C23H20ClN3OS. The van der Waals surface area contributed by atoms with Crippen LogP contribution in [0.1, 0.15) is 5.56 Å². The third-order valence-corrected chi connectivity index (χ3v) is 4.98. The molecule has 4 nitrogen and oxygen atoms in total. The average molecular weight is 422 g/mol. The van der Waals surface area contributed by atoms with Crippen LogP contribution in [0.25, 0.3) is 10.9 Å². The van der Waals surface area contributed by atoms with E-state index >= 15 is 0 Å². The van der Waals surface area contributed by atoms with E-state index in [1.165, 1.54) is 5.56 Å². The predicted octanol–water partition coefficient (Wildman–Crippen LogP) is 6.14. The maximum atomic E-state index is 6.11. The van der Waals surface area contributed by atoms with Gasteiger partial charge in [0.25, 0.3) is 0 Å². The Kier molecular flexibility index (Phi) is 5.98. The molecule has 0 spiro atoms. The van der Waals surface area contributed by atoms with Gasteiger partial charge < -0.3 is 20.4 Å². The van der Waals surface area contributed by atoms with Crippen LogP contribution in [0.3, 0.4) is 0 Å². The topological polar surface area (TPSA) is 49.1 Å². The number of ether oxygens (including phenoxy) is 1. The fourth-order valence-electron chi connectivity index (χ4n) is 3.07. The van der Waals surface area contributed by atoms with Crippen LogP contribution < -0.4 is 15.4 Å². The zero-order valence-electron chi connectivity index (χ0n) is 15.6. The Hall–Kier alpha value is -3.02.